The number of likely N-dealkylation sites (N-methyl/N-ethyl adjacent to an activating group) is 1. The minimum absolute atomic E-state index is 0.0987. The monoisotopic (exact) mass is 832 g/mol. The fraction of sp³-hybridized carbons (Fsp3) is 0.271. The van der Waals surface area contributed by atoms with Gasteiger partial charge in [0.15, 0.2) is 0 Å². The lowest BCUT2D eigenvalue weighted by Gasteiger charge is -2.28. The van der Waals surface area contributed by atoms with Gasteiger partial charge in [0.2, 0.25) is 12.0 Å². The average Bonchev–Trinajstić information content (AvgIpc) is 4.16. The van der Waals surface area contributed by atoms with Crippen molar-refractivity contribution in [3.63, 3.8) is 0 Å². The topological polar surface area (TPSA) is 140 Å². The number of nitrogens with zero attached hydrogens (tertiary/aromatic N) is 5. The molecule has 0 saturated carbocycles. The van der Waals surface area contributed by atoms with Crippen LogP contribution in [0.4, 0.5) is 4.79 Å². The van der Waals surface area contributed by atoms with E-state index in [2.05, 4.69) is 80.2 Å². The molecule has 5 heterocycles. The summed E-state index contributed by atoms with van der Waals surface area (Å²) in [5, 5.41) is 5.91. The molecule has 7 aromatic rings. The van der Waals surface area contributed by atoms with Gasteiger partial charge in [-0.2, -0.15) is 0 Å². The third-order valence-corrected chi connectivity index (χ3v) is 12.8. The maximum absolute atomic E-state index is 14.1. The van der Waals surface area contributed by atoms with Crippen LogP contribution >= 0.6 is 11.3 Å². The molecule has 9 rings (SSSR count). The number of aromatic nitrogens is 4. The zero-order chi connectivity index (χ0) is 41.9. The Bertz CT molecular complexity index is 2660. The number of rotatable bonds is 12. The van der Waals surface area contributed by atoms with Crippen molar-refractivity contribution in [2.24, 2.45) is 0 Å². The quantitative estimate of drug-likeness (QED) is 0.112. The van der Waals surface area contributed by atoms with Crippen molar-refractivity contribution < 1.29 is 19.1 Å². The maximum Gasteiger partial charge on any atom is 0.408 e. The molecule has 2 saturated heterocycles. The summed E-state index contributed by atoms with van der Waals surface area (Å²) in [4.78, 5) is 63.0. The second kappa shape index (κ2) is 17.6. The van der Waals surface area contributed by atoms with Gasteiger partial charge in [-0.15, -0.1) is 11.3 Å². The average molecular weight is 833 g/mol. The molecule has 61 heavy (non-hydrogen) atoms. The maximum atomic E-state index is 14.1. The summed E-state index contributed by atoms with van der Waals surface area (Å²) in [5.74, 6) is 1.26. The number of thiophene rings is 1. The van der Waals surface area contributed by atoms with E-state index in [-0.39, 0.29) is 23.9 Å². The number of likely N-dealkylation sites (tertiary alicyclic amines) is 2. The fourth-order valence-electron chi connectivity index (χ4n) is 8.79. The lowest BCUT2D eigenvalue weighted by atomic mass is 9.95. The molecule has 0 unspecified atom stereocenters. The first-order valence-electron chi connectivity index (χ1n) is 20.8. The Balaban J connectivity index is 0.956. The number of carbonyl (C=O) groups is 3. The summed E-state index contributed by atoms with van der Waals surface area (Å²) in [7, 11) is 3.49. The second-order valence-corrected chi connectivity index (χ2v) is 16.7. The minimum atomic E-state index is -1.09. The lowest BCUT2D eigenvalue weighted by Crippen LogP contribution is -2.38. The zero-order valence-electron chi connectivity index (χ0n) is 34.2. The summed E-state index contributed by atoms with van der Waals surface area (Å²) in [6.07, 6.45) is 5.19. The molecular weight excluding hydrogens is 785 g/mol. The smallest absolute Gasteiger partial charge is 0.408 e. The standard InChI is InChI=1S/C48H48N8O4S/c1-49-48(59)60-44(32-15-7-4-8-16-32)47(58)56-24-12-19-41(56)46-50-26-38(52-46)33-21-22-35(31-13-5-3-6-14-31)37(25-33)39-27-51-45(53-39)40-18-11-23-55(40)43(57)29-54(2)28-34-30-61-42-20-10-9-17-36(34)42/h3-10,13-17,20-22,25-27,30,40-41,44H,11-12,18-19,23-24,28-29H2,1-2H3,(H,49,59)(H,50,52)(H,51,53)/t40-,41-,44+/m0/s1. The highest BCUT2D eigenvalue weighted by atomic mass is 32.1. The predicted molar refractivity (Wildman–Crippen MR) is 237 cm³/mol. The number of amides is 3. The first kappa shape index (κ1) is 39.9. The van der Waals surface area contributed by atoms with Crippen LogP contribution in [-0.4, -0.2) is 86.3 Å². The number of benzene rings is 4. The lowest BCUT2D eigenvalue weighted by molar-refractivity contribution is -0.142. The number of fused-ring (bicyclic) bond motifs is 1. The van der Waals surface area contributed by atoms with Crippen LogP contribution in [0.25, 0.3) is 43.7 Å². The third-order valence-electron chi connectivity index (χ3n) is 11.8. The predicted octanol–water partition coefficient (Wildman–Crippen LogP) is 8.90. The highest BCUT2D eigenvalue weighted by Crippen LogP contribution is 2.39. The minimum Gasteiger partial charge on any atom is -0.431 e. The van der Waals surface area contributed by atoms with Crippen molar-refractivity contribution in [2.45, 2.75) is 50.4 Å². The van der Waals surface area contributed by atoms with Gasteiger partial charge in [-0.1, -0.05) is 91.0 Å². The molecule has 3 aromatic heterocycles. The van der Waals surface area contributed by atoms with E-state index in [1.165, 1.54) is 22.7 Å². The molecule has 0 spiro atoms. The Labute approximate surface area is 358 Å². The van der Waals surface area contributed by atoms with E-state index in [4.69, 9.17) is 14.7 Å². The normalized spacial score (nSPS) is 17.0. The Morgan fingerprint density at radius 2 is 1.46 bits per heavy atom. The Morgan fingerprint density at radius 1 is 0.803 bits per heavy atom. The molecule has 4 aromatic carbocycles. The SMILES string of the molecule is CNC(=O)O[C@@H](C(=O)N1CCC[C@H]1c1ncc(-c2ccc(-c3ccccc3)c(-c3cnc([C@@H]4CCCN4C(=O)CN(C)Cc4csc5ccccc45)[nH]3)c2)[nH]1)c1ccccc1. The Hall–Kier alpha value is -6.57. The van der Waals surface area contributed by atoms with Crippen molar-refractivity contribution in [3.05, 3.63) is 144 Å². The number of aromatic amines is 2. The van der Waals surface area contributed by atoms with Crippen LogP contribution in [0.3, 0.4) is 0 Å². The molecule has 3 atom stereocenters. The molecule has 2 fully saturated rings. The number of nitrogens with one attached hydrogen (secondary N) is 3. The summed E-state index contributed by atoms with van der Waals surface area (Å²) in [6.45, 7) is 2.24. The molecule has 0 aliphatic carbocycles. The van der Waals surface area contributed by atoms with E-state index in [0.29, 0.717) is 37.6 Å². The van der Waals surface area contributed by atoms with Gasteiger partial charge < -0.3 is 29.8 Å². The summed E-state index contributed by atoms with van der Waals surface area (Å²) < 4.78 is 6.88. The molecule has 310 valence electrons. The molecule has 12 nitrogen and oxygen atoms in total. The number of ether oxygens (including phenoxy) is 1. The van der Waals surface area contributed by atoms with E-state index >= 15 is 0 Å². The molecule has 2 aliphatic rings. The molecule has 2 aliphatic heterocycles. The van der Waals surface area contributed by atoms with Crippen molar-refractivity contribution in [1.29, 1.82) is 0 Å². The van der Waals surface area contributed by atoms with Gasteiger partial charge in [0.25, 0.3) is 5.91 Å². The zero-order valence-corrected chi connectivity index (χ0v) is 35.0. The van der Waals surface area contributed by atoms with Gasteiger partial charge in [-0.25, -0.2) is 14.8 Å². The Kier molecular flexibility index (Phi) is 11.5. The van der Waals surface area contributed by atoms with Crippen molar-refractivity contribution >= 4 is 39.3 Å². The van der Waals surface area contributed by atoms with Crippen molar-refractivity contribution in [1.82, 2.24) is 40.0 Å². The van der Waals surface area contributed by atoms with Gasteiger partial charge >= 0.3 is 6.09 Å². The molecular formula is C48H48N8O4S. The first-order valence-corrected chi connectivity index (χ1v) is 21.7. The molecule has 3 amide bonds. The molecule has 0 radical (unpaired) electrons. The van der Waals surface area contributed by atoms with Gasteiger partial charge in [0.05, 0.1) is 42.4 Å². The van der Waals surface area contributed by atoms with Gasteiger partial charge in [0.1, 0.15) is 11.6 Å². The van der Waals surface area contributed by atoms with Crippen LogP contribution in [0, 0.1) is 0 Å². The summed E-state index contributed by atoms with van der Waals surface area (Å²) >= 11 is 1.74. The van der Waals surface area contributed by atoms with Crippen molar-refractivity contribution in [3.8, 4) is 33.6 Å². The number of hydrogen-bond donors (Lipinski definition) is 3. The molecule has 0 bridgehead atoms. The van der Waals surface area contributed by atoms with Gasteiger partial charge in [-0.05, 0) is 72.3 Å². The van der Waals surface area contributed by atoms with Crippen molar-refractivity contribution in [2.75, 3.05) is 33.7 Å². The summed E-state index contributed by atoms with van der Waals surface area (Å²) in [6, 6.07) is 33.6. The fourth-order valence-corrected chi connectivity index (χ4v) is 9.75. The van der Waals surface area contributed by atoms with Crippen LogP contribution in [0.1, 0.15) is 66.6 Å². The van der Waals surface area contributed by atoms with Crippen LogP contribution in [0.2, 0.25) is 0 Å². The van der Waals surface area contributed by atoms with Gasteiger partial charge in [0, 0.05) is 48.1 Å². The van der Waals surface area contributed by atoms with E-state index in [1.807, 2.05) is 60.7 Å². The second-order valence-electron chi connectivity index (χ2n) is 15.8. The number of carbonyl (C=O) groups excluding carboxylic acids is 3. The number of hydrogen-bond acceptors (Lipinski definition) is 8. The van der Waals surface area contributed by atoms with Gasteiger partial charge in [-0.3, -0.25) is 14.5 Å². The largest absolute Gasteiger partial charge is 0.431 e. The van der Waals surface area contributed by atoms with Crippen LogP contribution < -0.4 is 5.32 Å². The number of H-pyrrole nitrogens is 2. The van der Waals surface area contributed by atoms with E-state index in [0.717, 1.165) is 65.1 Å². The number of alkyl carbamates (subject to hydrolysis) is 1. The first-order chi connectivity index (χ1) is 29.8. The number of imidazole rings is 2. The molecule has 13 heteroatoms. The molecule has 3 N–H and O–H groups in total. The van der Waals surface area contributed by atoms with Crippen LogP contribution in [-0.2, 0) is 20.9 Å². The summed E-state index contributed by atoms with van der Waals surface area (Å²) in [5.41, 5.74) is 7.50. The van der Waals surface area contributed by atoms with E-state index in [1.54, 1.807) is 28.4 Å². The van der Waals surface area contributed by atoms with Crippen LogP contribution in [0.15, 0.2) is 121 Å². The van der Waals surface area contributed by atoms with E-state index < -0.39 is 12.2 Å². The highest BCUT2D eigenvalue weighted by Gasteiger charge is 2.38. The van der Waals surface area contributed by atoms with E-state index in [9.17, 15) is 14.4 Å². The van der Waals surface area contributed by atoms with Crippen LogP contribution in [0.5, 0.6) is 0 Å². The third kappa shape index (κ3) is 8.31. The highest BCUT2D eigenvalue weighted by molar-refractivity contribution is 7.17. The Morgan fingerprint density at radius 3 is 2.21 bits per heavy atom.